The lowest BCUT2D eigenvalue weighted by molar-refractivity contribution is -0.881. The number of carbonyl (C=O) groups excluding carboxylic acids is 2. The highest BCUT2D eigenvalue weighted by Crippen LogP contribution is 2.06. The fraction of sp³-hybridized carbons (Fsp3) is 0.353. The number of halogens is 1. The minimum atomic E-state index is -0.315. The van der Waals surface area contributed by atoms with E-state index < -0.39 is 0 Å². The summed E-state index contributed by atoms with van der Waals surface area (Å²) in [7, 11) is 0. The fourth-order valence-corrected chi connectivity index (χ4v) is 2.24. The Hall–Kier alpha value is -2.74. The van der Waals surface area contributed by atoms with Crippen LogP contribution in [0.1, 0.15) is 18.2 Å². The number of anilines is 1. The minimum absolute atomic E-state index is 0.145. The monoisotopic (exact) mass is 349 g/mol. The van der Waals surface area contributed by atoms with Gasteiger partial charge in [-0.3, -0.25) is 9.59 Å². The molecule has 7 nitrogen and oxygen atoms in total. The molecule has 2 rings (SSSR count). The standard InChI is InChI=1S/C17H21FN4O3/c1-3-22(11-17(24)20-15-8-12(2)25-21-15)10-16(23)19-9-13-4-6-14(18)7-5-13/h4-8H,3,9-11H2,1-2H3,(H,19,23)(H,20,21,24)/p+1. The Balaban J connectivity index is 1.76. The maximum absolute atomic E-state index is 12.8. The normalized spacial score (nSPS) is 11.8. The molecule has 1 heterocycles. The summed E-state index contributed by atoms with van der Waals surface area (Å²) in [6, 6.07) is 7.56. The molecule has 25 heavy (non-hydrogen) atoms. The average Bonchev–Trinajstić information content (AvgIpc) is 2.98. The summed E-state index contributed by atoms with van der Waals surface area (Å²) in [4.78, 5) is 24.8. The van der Waals surface area contributed by atoms with Gasteiger partial charge < -0.3 is 20.1 Å². The summed E-state index contributed by atoms with van der Waals surface area (Å²) in [5.74, 6) is 0.238. The molecule has 1 unspecified atom stereocenters. The van der Waals surface area contributed by atoms with Crippen LogP contribution in [0, 0.1) is 12.7 Å². The molecule has 0 aliphatic rings. The summed E-state index contributed by atoms with van der Waals surface area (Å²) >= 11 is 0. The zero-order chi connectivity index (χ0) is 18.2. The smallest absolute Gasteiger partial charge is 0.280 e. The summed E-state index contributed by atoms with van der Waals surface area (Å²) in [6.45, 7) is 4.89. The van der Waals surface area contributed by atoms with E-state index in [0.717, 1.165) is 10.5 Å². The third-order valence-electron chi connectivity index (χ3n) is 3.62. The first-order valence-corrected chi connectivity index (χ1v) is 8.04. The molecule has 2 amide bonds. The third-order valence-corrected chi connectivity index (χ3v) is 3.62. The number of likely N-dealkylation sites (N-methyl/N-ethyl adjacent to an activating group) is 1. The van der Waals surface area contributed by atoms with Gasteiger partial charge in [-0.15, -0.1) is 0 Å². The van der Waals surface area contributed by atoms with Crippen molar-refractivity contribution < 1.29 is 23.4 Å². The van der Waals surface area contributed by atoms with Gasteiger partial charge in [0.2, 0.25) is 0 Å². The summed E-state index contributed by atoms with van der Waals surface area (Å²) in [5, 5.41) is 9.10. The zero-order valence-electron chi connectivity index (χ0n) is 14.3. The maximum Gasteiger partial charge on any atom is 0.280 e. The lowest BCUT2D eigenvalue weighted by atomic mass is 10.2. The first-order valence-electron chi connectivity index (χ1n) is 8.04. The molecule has 8 heteroatoms. The second-order valence-electron chi connectivity index (χ2n) is 5.73. The second kappa shape index (κ2) is 8.93. The quantitative estimate of drug-likeness (QED) is 0.639. The molecule has 0 saturated heterocycles. The van der Waals surface area contributed by atoms with E-state index in [4.69, 9.17) is 4.52 Å². The van der Waals surface area contributed by atoms with Crippen molar-refractivity contribution in [1.82, 2.24) is 10.5 Å². The van der Waals surface area contributed by atoms with Gasteiger partial charge in [-0.05, 0) is 31.5 Å². The highest BCUT2D eigenvalue weighted by Gasteiger charge is 2.17. The van der Waals surface area contributed by atoms with E-state index in [2.05, 4.69) is 15.8 Å². The number of benzene rings is 1. The summed E-state index contributed by atoms with van der Waals surface area (Å²) < 4.78 is 17.7. The van der Waals surface area contributed by atoms with Crippen molar-refractivity contribution in [2.24, 2.45) is 0 Å². The fourth-order valence-electron chi connectivity index (χ4n) is 2.24. The van der Waals surface area contributed by atoms with E-state index in [-0.39, 0.29) is 30.7 Å². The number of hydrogen-bond donors (Lipinski definition) is 3. The van der Waals surface area contributed by atoms with Crippen molar-refractivity contribution in [1.29, 1.82) is 0 Å². The van der Waals surface area contributed by atoms with Crippen LogP contribution in [-0.2, 0) is 16.1 Å². The van der Waals surface area contributed by atoms with E-state index in [1.165, 1.54) is 12.1 Å². The summed E-state index contributed by atoms with van der Waals surface area (Å²) in [6.07, 6.45) is 0. The predicted octanol–water partition coefficient (Wildman–Crippen LogP) is 0.282. The van der Waals surface area contributed by atoms with Crippen LogP contribution in [-0.4, -0.2) is 36.6 Å². The van der Waals surface area contributed by atoms with Crippen molar-refractivity contribution in [2.75, 3.05) is 25.0 Å². The van der Waals surface area contributed by atoms with Gasteiger partial charge in [0.1, 0.15) is 11.6 Å². The van der Waals surface area contributed by atoms with Gasteiger partial charge in [-0.2, -0.15) is 0 Å². The Bertz CT molecular complexity index is 715. The number of hydrogen-bond acceptors (Lipinski definition) is 4. The van der Waals surface area contributed by atoms with E-state index in [1.54, 1.807) is 25.1 Å². The molecule has 0 fully saturated rings. The van der Waals surface area contributed by atoms with E-state index in [1.807, 2.05) is 6.92 Å². The molecule has 1 aromatic heterocycles. The molecule has 1 atom stereocenters. The second-order valence-corrected chi connectivity index (χ2v) is 5.73. The number of quaternary nitrogens is 1. The van der Waals surface area contributed by atoms with Crippen molar-refractivity contribution in [3.63, 3.8) is 0 Å². The Morgan fingerprint density at radius 1 is 1.20 bits per heavy atom. The van der Waals surface area contributed by atoms with E-state index in [0.29, 0.717) is 24.7 Å². The minimum Gasteiger partial charge on any atom is -0.360 e. The Labute approximate surface area is 145 Å². The number of carbonyl (C=O) groups is 2. The molecule has 0 saturated carbocycles. The number of aryl methyl sites for hydroxylation is 1. The number of nitrogens with zero attached hydrogens (tertiary/aromatic N) is 1. The van der Waals surface area contributed by atoms with Crippen LogP contribution < -0.4 is 15.5 Å². The molecule has 0 spiro atoms. The van der Waals surface area contributed by atoms with Gasteiger partial charge >= 0.3 is 0 Å². The largest absolute Gasteiger partial charge is 0.360 e. The number of nitrogens with one attached hydrogen (secondary N) is 3. The van der Waals surface area contributed by atoms with Crippen LogP contribution in [0.5, 0.6) is 0 Å². The van der Waals surface area contributed by atoms with Crippen LogP contribution in [0.2, 0.25) is 0 Å². The Kier molecular flexibility index (Phi) is 6.64. The zero-order valence-corrected chi connectivity index (χ0v) is 14.3. The van der Waals surface area contributed by atoms with Crippen LogP contribution >= 0.6 is 0 Å². The molecule has 134 valence electrons. The third kappa shape index (κ3) is 6.34. The van der Waals surface area contributed by atoms with Crippen LogP contribution in [0.25, 0.3) is 0 Å². The van der Waals surface area contributed by atoms with E-state index in [9.17, 15) is 14.0 Å². The van der Waals surface area contributed by atoms with Gasteiger partial charge in [0, 0.05) is 12.6 Å². The Morgan fingerprint density at radius 3 is 2.48 bits per heavy atom. The topological polar surface area (TPSA) is 88.7 Å². The van der Waals surface area contributed by atoms with Crippen molar-refractivity contribution in [2.45, 2.75) is 20.4 Å². The SMILES string of the molecule is CC[NH+](CC(=O)NCc1ccc(F)cc1)CC(=O)Nc1cc(C)on1. The molecular formula is C17H22FN4O3+. The van der Waals surface area contributed by atoms with Crippen molar-refractivity contribution in [3.05, 3.63) is 47.5 Å². The molecule has 0 aliphatic carbocycles. The average molecular weight is 349 g/mol. The number of amides is 2. The molecule has 0 radical (unpaired) electrons. The lowest BCUT2D eigenvalue weighted by Crippen LogP contribution is -3.14. The van der Waals surface area contributed by atoms with Crippen LogP contribution in [0.15, 0.2) is 34.9 Å². The molecule has 1 aromatic carbocycles. The van der Waals surface area contributed by atoms with Crippen molar-refractivity contribution in [3.8, 4) is 0 Å². The van der Waals surface area contributed by atoms with Crippen LogP contribution in [0.3, 0.4) is 0 Å². The van der Waals surface area contributed by atoms with Crippen molar-refractivity contribution >= 4 is 17.6 Å². The van der Waals surface area contributed by atoms with Gasteiger partial charge in [0.25, 0.3) is 11.8 Å². The molecule has 0 bridgehead atoms. The molecular weight excluding hydrogens is 327 g/mol. The van der Waals surface area contributed by atoms with Gasteiger partial charge in [-0.25, -0.2) is 4.39 Å². The van der Waals surface area contributed by atoms with Gasteiger partial charge in [-0.1, -0.05) is 17.3 Å². The Morgan fingerprint density at radius 2 is 1.88 bits per heavy atom. The highest BCUT2D eigenvalue weighted by molar-refractivity contribution is 5.90. The lowest BCUT2D eigenvalue weighted by Gasteiger charge is -2.16. The molecule has 2 aromatic rings. The van der Waals surface area contributed by atoms with E-state index >= 15 is 0 Å². The summed E-state index contributed by atoms with van der Waals surface area (Å²) in [5.41, 5.74) is 0.812. The maximum atomic E-state index is 12.8. The number of rotatable bonds is 8. The van der Waals surface area contributed by atoms with Gasteiger partial charge in [0.05, 0.1) is 6.54 Å². The first-order chi connectivity index (χ1) is 12.0. The number of aromatic nitrogens is 1. The van der Waals surface area contributed by atoms with Gasteiger partial charge in [0.15, 0.2) is 18.9 Å². The highest BCUT2D eigenvalue weighted by atomic mass is 19.1. The van der Waals surface area contributed by atoms with Crippen LogP contribution in [0.4, 0.5) is 10.2 Å². The first kappa shape index (κ1) is 18.6. The predicted molar refractivity (Wildman–Crippen MR) is 89.4 cm³/mol. The molecule has 3 N–H and O–H groups in total. The molecule has 0 aliphatic heterocycles.